The molecule has 2 aromatic rings. The van der Waals surface area contributed by atoms with Gasteiger partial charge in [-0.3, -0.25) is 9.59 Å². The first-order valence-corrected chi connectivity index (χ1v) is 9.95. The van der Waals surface area contributed by atoms with Gasteiger partial charge in [-0.25, -0.2) is 0 Å². The molecule has 5 nitrogen and oxygen atoms in total. The first-order valence-electron chi connectivity index (χ1n) is 9.15. The van der Waals surface area contributed by atoms with Crippen LogP contribution in [0.25, 0.3) is 0 Å². The van der Waals surface area contributed by atoms with Gasteiger partial charge in [0.15, 0.2) is 6.61 Å². The number of Topliss-reactive ketones (excluding diaryl/α,β-unsaturated/α-hetero) is 1. The minimum Gasteiger partial charge on any atom is -0.457 e. The van der Waals surface area contributed by atoms with E-state index in [1.165, 1.54) is 0 Å². The highest BCUT2D eigenvalue weighted by Crippen LogP contribution is 2.21. The topological polar surface area (TPSA) is 57.5 Å². The van der Waals surface area contributed by atoms with Gasteiger partial charge in [0.25, 0.3) is 0 Å². The molecule has 2 heterocycles. The predicted molar refractivity (Wildman–Crippen MR) is 106 cm³/mol. The van der Waals surface area contributed by atoms with Crippen molar-refractivity contribution in [1.82, 2.24) is 4.57 Å². The van der Waals surface area contributed by atoms with Crippen molar-refractivity contribution in [2.75, 3.05) is 13.2 Å². The van der Waals surface area contributed by atoms with Crippen molar-refractivity contribution in [2.45, 2.75) is 45.8 Å². The van der Waals surface area contributed by atoms with E-state index in [-0.39, 0.29) is 24.9 Å². The average molecular weight is 434 g/mol. The molecule has 27 heavy (non-hydrogen) atoms. The van der Waals surface area contributed by atoms with Crippen LogP contribution >= 0.6 is 15.9 Å². The number of aromatic nitrogens is 1. The zero-order chi connectivity index (χ0) is 19.4. The number of rotatable bonds is 7. The molecule has 1 aromatic carbocycles. The lowest BCUT2D eigenvalue weighted by Crippen LogP contribution is -2.18. The molecule has 1 unspecified atom stereocenters. The average Bonchev–Trinajstić information content (AvgIpc) is 3.25. The van der Waals surface area contributed by atoms with Crippen molar-refractivity contribution < 1.29 is 19.1 Å². The third-order valence-electron chi connectivity index (χ3n) is 4.91. The van der Waals surface area contributed by atoms with Crippen LogP contribution in [0.3, 0.4) is 0 Å². The molecule has 0 spiro atoms. The normalized spacial score (nSPS) is 16.5. The van der Waals surface area contributed by atoms with Gasteiger partial charge >= 0.3 is 5.97 Å². The van der Waals surface area contributed by atoms with Crippen LogP contribution in [0.1, 0.15) is 40.2 Å². The van der Waals surface area contributed by atoms with Crippen LogP contribution < -0.4 is 0 Å². The van der Waals surface area contributed by atoms with Crippen molar-refractivity contribution in [3.05, 3.63) is 57.3 Å². The molecule has 0 amide bonds. The first kappa shape index (κ1) is 19.8. The Bertz CT molecular complexity index is 819. The molecular weight excluding hydrogens is 410 g/mol. The summed E-state index contributed by atoms with van der Waals surface area (Å²) in [6, 6.07) is 9.32. The maximum Gasteiger partial charge on any atom is 0.310 e. The summed E-state index contributed by atoms with van der Waals surface area (Å²) in [5.41, 5.74) is 3.39. The maximum absolute atomic E-state index is 12.5. The molecule has 1 fully saturated rings. The molecular formula is C21H24BrNO4. The number of halogens is 1. The maximum atomic E-state index is 12.5. The van der Waals surface area contributed by atoms with Crippen molar-refractivity contribution in [2.24, 2.45) is 0 Å². The molecule has 0 saturated carbocycles. The SMILES string of the molecule is Cc1cc(C(=O)COC(=O)Cc2ccc(Br)cc2)c(C)n1CC1CCCO1. The number of hydrogen-bond acceptors (Lipinski definition) is 4. The van der Waals surface area contributed by atoms with Gasteiger partial charge in [0.05, 0.1) is 12.5 Å². The Morgan fingerprint density at radius 2 is 2.00 bits per heavy atom. The quantitative estimate of drug-likeness (QED) is 0.488. The van der Waals surface area contributed by atoms with Crippen LogP contribution in [-0.2, 0) is 27.2 Å². The number of ketones is 1. The lowest BCUT2D eigenvalue weighted by atomic mass is 10.1. The number of benzene rings is 1. The van der Waals surface area contributed by atoms with Gasteiger partial charge in [0.1, 0.15) is 0 Å². The number of hydrogen-bond donors (Lipinski definition) is 0. The highest BCUT2D eigenvalue weighted by Gasteiger charge is 2.21. The van der Waals surface area contributed by atoms with E-state index in [2.05, 4.69) is 20.5 Å². The third-order valence-corrected chi connectivity index (χ3v) is 5.44. The van der Waals surface area contributed by atoms with E-state index >= 15 is 0 Å². The highest BCUT2D eigenvalue weighted by molar-refractivity contribution is 9.10. The smallest absolute Gasteiger partial charge is 0.310 e. The molecule has 144 valence electrons. The number of aryl methyl sites for hydroxylation is 1. The number of esters is 1. The van der Waals surface area contributed by atoms with Gasteiger partial charge in [0.2, 0.25) is 5.78 Å². The fourth-order valence-corrected chi connectivity index (χ4v) is 3.66. The molecule has 1 atom stereocenters. The zero-order valence-electron chi connectivity index (χ0n) is 15.7. The van der Waals surface area contributed by atoms with Crippen molar-refractivity contribution in [3.8, 4) is 0 Å². The Hall–Kier alpha value is -1.92. The van der Waals surface area contributed by atoms with E-state index in [0.29, 0.717) is 5.56 Å². The minimum absolute atomic E-state index is 0.151. The van der Waals surface area contributed by atoms with Gasteiger partial charge in [-0.1, -0.05) is 28.1 Å². The van der Waals surface area contributed by atoms with E-state index in [9.17, 15) is 9.59 Å². The summed E-state index contributed by atoms with van der Waals surface area (Å²) in [4.78, 5) is 24.6. The Morgan fingerprint density at radius 1 is 1.26 bits per heavy atom. The summed E-state index contributed by atoms with van der Waals surface area (Å²) in [6.07, 6.45) is 2.50. The minimum atomic E-state index is -0.404. The standard InChI is InChI=1S/C21H24BrNO4/c1-14-10-19(15(2)23(14)12-18-4-3-9-26-18)20(24)13-27-21(25)11-16-5-7-17(22)8-6-16/h5-8,10,18H,3-4,9,11-13H2,1-2H3. The Morgan fingerprint density at radius 3 is 2.67 bits per heavy atom. The third kappa shape index (κ3) is 5.08. The largest absolute Gasteiger partial charge is 0.457 e. The molecule has 0 bridgehead atoms. The van der Waals surface area contributed by atoms with Crippen molar-refractivity contribution in [3.63, 3.8) is 0 Å². The highest BCUT2D eigenvalue weighted by atomic mass is 79.9. The van der Waals surface area contributed by atoms with Crippen LogP contribution in [0.15, 0.2) is 34.8 Å². The van der Waals surface area contributed by atoms with E-state index in [1.807, 2.05) is 44.2 Å². The summed E-state index contributed by atoms with van der Waals surface area (Å²) in [5.74, 6) is -0.579. The zero-order valence-corrected chi connectivity index (χ0v) is 17.3. The van der Waals surface area contributed by atoms with Crippen LogP contribution in [-0.4, -0.2) is 35.6 Å². The van der Waals surface area contributed by atoms with Gasteiger partial charge < -0.3 is 14.0 Å². The van der Waals surface area contributed by atoms with Gasteiger partial charge in [0, 0.05) is 34.6 Å². The lowest BCUT2D eigenvalue weighted by molar-refractivity contribution is -0.141. The Labute approximate surface area is 167 Å². The Kier molecular flexibility index (Phi) is 6.50. The summed E-state index contributed by atoms with van der Waals surface area (Å²) in [6.45, 7) is 5.25. The van der Waals surface area contributed by atoms with Crippen LogP contribution in [0, 0.1) is 13.8 Å². The van der Waals surface area contributed by atoms with Crippen LogP contribution in [0.2, 0.25) is 0 Å². The predicted octanol–water partition coefficient (Wildman–Crippen LogP) is 4.02. The molecule has 0 N–H and O–H groups in total. The molecule has 1 saturated heterocycles. The summed E-state index contributed by atoms with van der Waals surface area (Å²) in [7, 11) is 0. The molecule has 1 aliphatic heterocycles. The van der Waals surface area contributed by atoms with E-state index in [1.54, 1.807) is 0 Å². The monoisotopic (exact) mass is 433 g/mol. The second-order valence-electron chi connectivity index (χ2n) is 6.92. The second kappa shape index (κ2) is 8.85. The van der Waals surface area contributed by atoms with E-state index < -0.39 is 5.97 Å². The molecule has 6 heteroatoms. The molecule has 0 radical (unpaired) electrons. The van der Waals surface area contributed by atoms with Gasteiger partial charge in [-0.15, -0.1) is 0 Å². The van der Waals surface area contributed by atoms with E-state index in [4.69, 9.17) is 9.47 Å². The summed E-state index contributed by atoms with van der Waals surface area (Å²) < 4.78 is 14.0. The Balaban J connectivity index is 1.57. The number of nitrogens with zero attached hydrogens (tertiary/aromatic N) is 1. The lowest BCUT2D eigenvalue weighted by Gasteiger charge is -2.14. The summed E-state index contributed by atoms with van der Waals surface area (Å²) in [5, 5.41) is 0. The second-order valence-corrected chi connectivity index (χ2v) is 7.83. The number of ether oxygens (including phenoxy) is 2. The first-order chi connectivity index (χ1) is 12.9. The molecule has 1 aromatic heterocycles. The molecule has 3 rings (SSSR count). The van der Waals surface area contributed by atoms with E-state index in [0.717, 1.165) is 47.4 Å². The van der Waals surface area contributed by atoms with Crippen LogP contribution in [0.5, 0.6) is 0 Å². The fraction of sp³-hybridized carbons (Fsp3) is 0.429. The van der Waals surface area contributed by atoms with Crippen LogP contribution in [0.4, 0.5) is 0 Å². The summed E-state index contributed by atoms with van der Waals surface area (Å²) >= 11 is 3.36. The molecule has 1 aliphatic rings. The number of carbonyl (C=O) groups excluding carboxylic acids is 2. The van der Waals surface area contributed by atoms with Gasteiger partial charge in [-0.2, -0.15) is 0 Å². The number of carbonyl (C=O) groups is 2. The molecule has 0 aliphatic carbocycles. The van der Waals surface area contributed by atoms with Crippen molar-refractivity contribution >= 4 is 27.7 Å². The fourth-order valence-electron chi connectivity index (χ4n) is 3.40. The van der Waals surface area contributed by atoms with Gasteiger partial charge in [-0.05, 0) is 50.5 Å². The van der Waals surface area contributed by atoms with Crippen molar-refractivity contribution in [1.29, 1.82) is 0 Å².